The largest absolute Gasteiger partial charge is 2.00 e. The molecule has 0 radical (unpaired) electrons. The van der Waals surface area contributed by atoms with Crippen LogP contribution in [0.2, 0.25) is 0 Å². The van der Waals surface area contributed by atoms with Crippen molar-refractivity contribution in [3.8, 4) is 11.5 Å². The Kier molecular flexibility index (Phi) is 15.1. The summed E-state index contributed by atoms with van der Waals surface area (Å²) >= 11 is 1.43. The Morgan fingerprint density at radius 2 is 0.882 bits per heavy atom. The first kappa shape index (κ1) is 35.2. The standard InChI is InChI=1S/C22H30O2S.2C3H7O.Ti/c1-13-9-15(21(3,4)5)19(23)17(11-13)25-18-12-14(2)10-16(20(18)24)22(6,7)8;2*1-3(2)4;/h9-12,23-24H,1-8H3;2*3H,1-2H3;/q;2*-1;+2. The maximum Gasteiger partial charge on any atom is 2.00 e. The van der Waals surface area contributed by atoms with E-state index < -0.39 is 12.2 Å². The summed E-state index contributed by atoms with van der Waals surface area (Å²) in [5, 5.41) is 40.6. The van der Waals surface area contributed by atoms with Gasteiger partial charge in [-0.05, 0) is 47.9 Å². The number of benzene rings is 2. The molecule has 190 valence electrons. The van der Waals surface area contributed by atoms with Crippen molar-refractivity contribution in [1.82, 2.24) is 0 Å². The minimum atomic E-state index is -0.417. The van der Waals surface area contributed by atoms with Gasteiger partial charge in [0, 0.05) is 11.1 Å². The van der Waals surface area contributed by atoms with E-state index in [4.69, 9.17) is 0 Å². The number of phenolic OH excluding ortho intramolecular Hbond substituents is 2. The number of hydrogen-bond acceptors (Lipinski definition) is 5. The van der Waals surface area contributed by atoms with E-state index in [2.05, 4.69) is 41.5 Å². The van der Waals surface area contributed by atoms with Crippen LogP contribution in [-0.2, 0) is 32.5 Å². The number of aromatic hydroxyl groups is 2. The minimum absolute atomic E-state index is 0. The molecule has 0 spiro atoms. The first-order valence-electron chi connectivity index (χ1n) is 11.4. The molecule has 0 bridgehead atoms. The quantitative estimate of drug-likeness (QED) is 0.473. The van der Waals surface area contributed by atoms with Crippen LogP contribution in [0.25, 0.3) is 0 Å². The van der Waals surface area contributed by atoms with Gasteiger partial charge in [0.2, 0.25) is 0 Å². The van der Waals surface area contributed by atoms with Crippen LogP contribution in [-0.4, -0.2) is 22.4 Å². The van der Waals surface area contributed by atoms with E-state index in [-0.39, 0.29) is 32.5 Å². The molecule has 2 aromatic rings. The van der Waals surface area contributed by atoms with Gasteiger partial charge >= 0.3 is 21.7 Å². The van der Waals surface area contributed by atoms with Crippen molar-refractivity contribution in [2.75, 3.05) is 0 Å². The predicted molar refractivity (Wildman–Crippen MR) is 137 cm³/mol. The van der Waals surface area contributed by atoms with Crippen molar-refractivity contribution in [2.24, 2.45) is 0 Å². The monoisotopic (exact) mass is 524 g/mol. The summed E-state index contributed by atoms with van der Waals surface area (Å²) in [6, 6.07) is 8.04. The Morgan fingerprint density at radius 1 is 0.647 bits per heavy atom. The average molecular weight is 525 g/mol. The van der Waals surface area contributed by atoms with E-state index in [0.29, 0.717) is 11.5 Å². The Hall–Kier alpha value is -0.976. The third-order valence-electron chi connectivity index (χ3n) is 4.27. The van der Waals surface area contributed by atoms with Crippen molar-refractivity contribution in [2.45, 2.75) is 116 Å². The zero-order valence-electron chi connectivity index (χ0n) is 23.1. The van der Waals surface area contributed by atoms with Gasteiger partial charge in [0.25, 0.3) is 0 Å². The Bertz CT molecular complexity index is 816. The summed E-state index contributed by atoms with van der Waals surface area (Å²) in [4.78, 5) is 1.57. The van der Waals surface area contributed by atoms with Crippen molar-refractivity contribution >= 4 is 11.8 Å². The van der Waals surface area contributed by atoms with E-state index in [1.54, 1.807) is 27.7 Å². The summed E-state index contributed by atoms with van der Waals surface area (Å²) in [6.45, 7) is 23.1. The summed E-state index contributed by atoms with van der Waals surface area (Å²) in [5.41, 5.74) is 3.78. The second kappa shape index (κ2) is 14.6. The molecule has 34 heavy (non-hydrogen) atoms. The molecule has 2 N–H and O–H groups in total. The fourth-order valence-electron chi connectivity index (χ4n) is 2.91. The third-order valence-corrected chi connectivity index (χ3v) is 5.34. The second-order valence-corrected chi connectivity index (χ2v) is 12.1. The molecule has 0 unspecified atom stereocenters. The van der Waals surface area contributed by atoms with Gasteiger partial charge in [0.1, 0.15) is 11.5 Å². The van der Waals surface area contributed by atoms with Crippen molar-refractivity contribution < 1.29 is 42.1 Å². The molecular weight excluding hydrogens is 480 g/mol. The zero-order chi connectivity index (χ0) is 26.3. The molecule has 0 atom stereocenters. The maximum absolute atomic E-state index is 10.8. The average Bonchev–Trinajstić information content (AvgIpc) is 2.57. The molecule has 0 amide bonds. The van der Waals surface area contributed by atoms with Crippen LogP contribution in [0.3, 0.4) is 0 Å². The summed E-state index contributed by atoms with van der Waals surface area (Å²) in [5.74, 6) is 0.614. The molecule has 0 saturated heterocycles. The Labute approximate surface area is 227 Å². The van der Waals surface area contributed by atoms with Crippen LogP contribution in [0.1, 0.15) is 91.5 Å². The van der Waals surface area contributed by atoms with Gasteiger partial charge in [-0.25, -0.2) is 0 Å². The molecule has 0 saturated carbocycles. The molecule has 0 aliphatic rings. The number of aryl methyl sites for hydroxylation is 2. The molecule has 0 fully saturated rings. The summed E-state index contributed by atoms with van der Waals surface area (Å²) in [6.07, 6.45) is -0.833. The predicted octanol–water partition coefficient (Wildman–Crippen LogP) is 5.97. The maximum atomic E-state index is 10.8. The van der Waals surface area contributed by atoms with Gasteiger partial charge in [-0.1, -0.05) is 93.1 Å². The van der Waals surface area contributed by atoms with E-state index in [1.165, 1.54) is 11.8 Å². The summed E-state index contributed by atoms with van der Waals surface area (Å²) in [7, 11) is 0. The molecule has 0 aliphatic heterocycles. The molecule has 0 heterocycles. The molecule has 0 aromatic heterocycles. The first-order valence-corrected chi connectivity index (χ1v) is 12.3. The zero-order valence-corrected chi connectivity index (χ0v) is 25.5. The van der Waals surface area contributed by atoms with Crippen LogP contribution in [0.15, 0.2) is 34.1 Å². The van der Waals surface area contributed by atoms with Crippen molar-refractivity contribution in [3.63, 3.8) is 0 Å². The molecule has 6 heteroatoms. The van der Waals surface area contributed by atoms with Gasteiger partial charge in [-0.2, -0.15) is 0 Å². The molecule has 4 nitrogen and oxygen atoms in total. The molecule has 0 aliphatic carbocycles. The van der Waals surface area contributed by atoms with Gasteiger partial charge in [0.05, 0.1) is 9.79 Å². The number of rotatable bonds is 2. The molecule has 2 rings (SSSR count). The van der Waals surface area contributed by atoms with E-state index in [1.807, 2.05) is 38.1 Å². The van der Waals surface area contributed by atoms with Gasteiger partial charge in [-0.15, -0.1) is 12.2 Å². The smallest absolute Gasteiger partial charge is 0.852 e. The van der Waals surface area contributed by atoms with Crippen LogP contribution < -0.4 is 10.2 Å². The van der Waals surface area contributed by atoms with Crippen LogP contribution in [0, 0.1) is 13.8 Å². The van der Waals surface area contributed by atoms with E-state index in [9.17, 15) is 20.4 Å². The third kappa shape index (κ3) is 12.6. The van der Waals surface area contributed by atoms with E-state index >= 15 is 0 Å². The first-order chi connectivity index (χ1) is 14.8. The van der Waals surface area contributed by atoms with Crippen molar-refractivity contribution in [3.05, 3.63) is 46.5 Å². The molecular formula is C28H44O4STi. The SMILES string of the molecule is CC(C)[O-].CC(C)[O-].Cc1cc(Sc2cc(C)cc(C(C)(C)C)c2O)c(O)c(C(C)(C)C)c1.[Ti+2]. The van der Waals surface area contributed by atoms with Gasteiger partial charge < -0.3 is 20.4 Å². The van der Waals surface area contributed by atoms with Gasteiger partial charge in [0.15, 0.2) is 0 Å². The van der Waals surface area contributed by atoms with Gasteiger partial charge in [-0.3, -0.25) is 0 Å². The van der Waals surface area contributed by atoms with Crippen LogP contribution in [0.4, 0.5) is 0 Å². The van der Waals surface area contributed by atoms with E-state index in [0.717, 1.165) is 32.0 Å². The molecule has 2 aromatic carbocycles. The fraction of sp³-hybridized carbons (Fsp3) is 0.571. The fourth-order valence-corrected chi connectivity index (χ4v) is 4.05. The Balaban J connectivity index is 0. The second-order valence-electron chi connectivity index (χ2n) is 11.0. The number of phenols is 2. The topological polar surface area (TPSA) is 86.6 Å². The minimum Gasteiger partial charge on any atom is -0.852 e. The van der Waals surface area contributed by atoms with Crippen LogP contribution >= 0.6 is 11.8 Å². The summed E-state index contributed by atoms with van der Waals surface area (Å²) < 4.78 is 0. The Morgan fingerprint density at radius 3 is 1.09 bits per heavy atom. The van der Waals surface area contributed by atoms with Crippen LogP contribution in [0.5, 0.6) is 11.5 Å². The van der Waals surface area contributed by atoms with Crippen molar-refractivity contribution in [1.29, 1.82) is 0 Å². The normalized spacial score (nSPS) is 11.3. The number of hydrogen-bond donors (Lipinski definition) is 2.